The van der Waals surface area contributed by atoms with Gasteiger partial charge >= 0.3 is 0 Å². The quantitative estimate of drug-likeness (QED) is 0.414. The number of benzene rings is 4. The van der Waals surface area contributed by atoms with Gasteiger partial charge in [0.25, 0.3) is 10.0 Å². The lowest BCUT2D eigenvalue weighted by atomic mass is 9.95. The van der Waals surface area contributed by atoms with Gasteiger partial charge in [0.1, 0.15) is 11.6 Å². The third kappa shape index (κ3) is 4.33. The Morgan fingerprint density at radius 2 is 1.44 bits per heavy atom. The minimum atomic E-state index is -3.95. The van der Waals surface area contributed by atoms with Crippen molar-refractivity contribution in [1.29, 1.82) is 0 Å². The molecule has 1 aliphatic rings. The number of hydrazine groups is 1. The number of nitrogens with zero attached hydrogens (tertiary/aromatic N) is 1. The van der Waals surface area contributed by atoms with Gasteiger partial charge in [-0.3, -0.25) is 0 Å². The Morgan fingerprint density at radius 3 is 2.15 bits per heavy atom. The van der Waals surface area contributed by atoms with Crippen LogP contribution in [0.3, 0.4) is 0 Å². The van der Waals surface area contributed by atoms with Gasteiger partial charge in [-0.25, -0.2) is 12.8 Å². The van der Waals surface area contributed by atoms with Gasteiger partial charge in [-0.2, -0.15) is 5.01 Å². The number of rotatable bonds is 5. The van der Waals surface area contributed by atoms with Crippen molar-refractivity contribution in [2.45, 2.75) is 24.1 Å². The highest BCUT2D eigenvalue weighted by molar-refractivity contribution is 7.89. The Morgan fingerprint density at radius 1 is 0.794 bits per heavy atom. The van der Waals surface area contributed by atoms with Crippen molar-refractivity contribution in [3.8, 4) is 5.75 Å². The highest BCUT2D eigenvalue weighted by Crippen LogP contribution is 2.44. The second kappa shape index (κ2) is 9.02. The molecule has 0 radical (unpaired) electrons. The molecule has 0 fully saturated rings. The molecule has 1 N–H and O–H groups in total. The van der Waals surface area contributed by atoms with Crippen LogP contribution < -0.4 is 9.57 Å². The predicted octanol–water partition coefficient (Wildman–Crippen LogP) is 5.51. The van der Waals surface area contributed by atoms with E-state index in [-0.39, 0.29) is 10.7 Å². The van der Waals surface area contributed by atoms with Gasteiger partial charge in [-0.15, -0.1) is 4.83 Å². The maximum Gasteiger partial charge on any atom is 0.253 e. The second-order valence-electron chi connectivity index (χ2n) is 8.19. The first-order chi connectivity index (χ1) is 16.4. The lowest BCUT2D eigenvalue weighted by Crippen LogP contribution is -2.50. The molecule has 4 aromatic carbocycles. The third-order valence-electron chi connectivity index (χ3n) is 5.81. The van der Waals surface area contributed by atoms with Gasteiger partial charge < -0.3 is 4.74 Å². The van der Waals surface area contributed by atoms with E-state index in [1.54, 1.807) is 41.4 Å². The number of nitrogens with one attached hydrogen (secondary N) is 1. The number of halogens is 1. The van der Waals surface area contributed by atoms with Crippen LogP contribution in [0.5, 0.6) is 5.75 Å². The van der Waals surface area contributed by atoms with E-state index in [4.69, 9.17) is 4.74 Å². The van der Waals surface area contributed by atoms with Crippen molar-refractivity contribution < 1.29 is 17.5 Å². The van der Waals surface area contributed by atoms with Crippen LogP contribution in [0.2, 0.25) is 0 Å². The minimum absolute atomic E-state index is 0.140. The van der Waals surface area contributed by atoms with E-state index in [0.717, 1.165) is 22.3 Å². The van der Waals surface area contributed by atoms with Crippen molar-refractivity contribution in [2.24, 2.45) is 0 Å². The van der Waals surface area contributed by atoms with E-state index in [0.29, 0.717) is 5.75 Å². The van der Waals surface area contributed by atoms with Gasteiger partial charge in [-0.05, 0) is 42.8 Å². The molecule has 0 saturated heterocycles. The van der Waals surface area contributed by atoms with E-state index in [9.17, 15) is 12.8 Å². The van der Waals surface area contributed by atoms with Crippen LogP contribution >= 0.6 is 0 Å². The van der Waals surface area contributed by atoms with Gasteiger partial charge in [0.2, 0.25) is 0 Å². The number of sulfonamides is 1. The summed E-state index contributed by atoms with van der Waals surface area (Å²) in [5, 5.41) is 1.58. The molecule has 7 heteroatoms. The van der Waals surface area contributed by atoms with Crippen molar-refractivity contribution in [3.05, 3.63) is 131 Å². The molecule has 5 rings (SSSR count). The molecule has 0 aliphatic carbocycles. The van der Waals surface area contributed by atoms with Crippen LogP contribution in [-0.4, -0.2) is 13.4 Å². The van der Waals surface area contributed by atoms with Crippen LogP contribution in [0.15, 0.2) is 108 Å². The summed E-state index contributed by atoms with van der Waals surface area (Å²) in [6.45, 7) is 1.90. The topological polar surface area (TPSA) is 58.6 Å². The molecule has 5 nitrogen and oxygen atoms in total. The van der Waals surface area contributed by atoms with Crippen molar-refractivity contribution in [3.63, 3.8) is 0 Å². The highest BCUT2D eigenvalue weighted by atomic mass is 32.2. The Hall–Kier alpha value is -3.52. The van der Waals surface area contributed by atoms with Crippen LogP contribution in [0, 0.1) is 12.7 Å². The zero-order chi connectivity index (χ0) is 23.7. The molecule has 0 bridgehead atoms. The maximum atomic E-state index is 13.8. The number of ether oxygens (including phenoxy) is 1. The highest BCUT2D eigenvalue weighted by Gasteiger charge is 2.40. The summed E-state index contributed by atoms with van der Waals surface area (Å²) >= 11 is 0. The standard InChI is InChI=1S/C27H23FN2O3S/c1-19-11-17-23(18-12-19)34(31,32)29-30-26(20-13-15-22(28)16-14-20)24-9-5-6-10-25(24)33-27(30)21-7-3-2-4-8-21/h2-18,26-27,29H,1H3/t26-,27?/m0/s1. The second-order valence-corrected chi connectivity index (χ2v) is 9.85. The van der Waals surface area contributed by atoms with E-state index in [2.05, 4.69) is 4.83 Å². The van der Waals surface area contributed by atoms with Crippen molar-refractivity contribution >= 4 is 10.0 Å². The Balaban J connectivity index is 1.67. The molecular formula is C27H23FN2O3S. The van der Waals surface area contributed by atoms with Crippen LogP contribution in [0.4, 0.5) is 4.39 Å². The molecular weight excluding hydrogens is 451 g/mol. The number of para-hydroxylation sites is 1. The maximum absolute atomic E-state index is 13.8. The summed E-state index contributed by atoms with van der Waals surface area (Å²) in [7, 11) is -3.95. The molecule has 0 saturated carbocycles. The first-order valence-corrected chi connectivity index (χ1v) is 12.3. The Labute approximate surface area is 198 Å². The molecule has 1 aliphatic heterocycles. The zero-order valence-corrected chi connectivity index (χ0v) is 19.2. The van der Waals surface area contributed by atoms with Crippen molar-refractivity contribution in [1.82, 2.24) is 9.84 Å². The summed E-state index contributed by atoms with van der Waals surface area (Å²) in [5.41, 5.74) is 3.23. The first-order valence-electron chi connectivity index (χ1n) is 10.9. The van der Waals surface area contributed by atoms with E-state index < -0.39 is 22.3 Å². The van der Waals surface area contributed by atoms with Crippen LogP contribution in [0.1, 0.15) is 34.5 Å². The largest absolute Gasteiger partial charge is 0.469 e. The van der Waals surface area contributed by atoms with E-state index in [1.165, 1.54) is 12.1 Å². The van der Waals surface area contributed by atoms with Gasteiger partial charge in [-0.1, -0.05) is 78.4 Å². The molecule has 2 atom stereocenters. The van der Waals surface area contributed by atoms with Gasteiger partial charge in [0.15, 0.2) is 6.23 Å². The van der Waals surface area contributed by atoms with Gasteiger partial charge in [0.05, 0.1) is 10.9 Å². The number of aryl methyl sites for hydroxylation is 1. The summed E-state index contributed by atoms with van der Waals surface area (Å²) in [6.07, 6.45) is -0.758. The molecule has 34 heavy (non-hydrogen) atoms. The molecule has 1 unspecified atom stereocenters. The lowest BCUT2D eigenvalue weighted by molar-refractivity contribution is -0.0368. The number of hydrogen-bond donors (Lipinski definition) is 1. The molecule has 0 aromatic heterocycles. The van der Waals surface area contributed by atoms with Crippen LogP contribution in [-0.2, 0) is 10.0 Å². The molecule has 1 heterocycles. The minimum Gasteiger partial charge on any atom is -0.469 e. The monoisotopic (exact) mass is 474 g/mol. The SMILES string of the molecule is Cc1ccc(S(=O)(=O)NN2C(c3ccccc3)Oc3ccccc3[C@@H]2c2ccc(F)cc2)cc1. The molecule has 0 spiro atoms. The van der Waals surface area contributed by atoms with Gasteiger partial charge in [0, 0.05) is 11.1 Å². The molecule has 0 amide bonds. The van der Waals surface area contributed by atoms with E-state index >= 15 is 0 Å². The predicted molar refractivity (Wildman–Crippen MR) is 128 cm³/mol. The lowest BCUT2D eigenvalue weighted by Gasteiger charge is -2.42. The average molecular weight is 475 g/mol. The van der Waals surface area contributed by atoms with E-state index in [1.807, 2.05) is 61.5 Å². The van der Waals surface area contributed by atoms with Crippen LogP contribution in [0.25, 0.3) is 0 Å². The fraction of sp³-hybridized carbons (Fsp3) is 0.111. The Kier molecular flexibility index (Phi) is 5.91. The number of fused-ring (bicyclic) bond motifs is 1. The molecule has 172 valence electrons. The summed E-state index contributed by atoms with van der Waals surface area (Å²) in [6, 6.07) is 29.0. The summed E-state index contributed by atoms with van der Waals surface area (Å²) in [4.78, 5) is 2.91. The average Bonchev–Trinajstić information content (AvgIpc) is 2.85. The third-order valence-corrected chi connectivity index (χ3v) is 7.15. The first kappa shape index (κ1) is 22.3. The normalized spacial score (nSPS) is 18.2. The summed E-state index contributed by atoms with van der Waals surface area (Å²) < 4.78 is 47.0. The zero-order valence-electron chi connectivity index (χ0n) is 18.4. The fourth-order valence-corrected chi connectivity index (χ4v) is 5.20. The number of hydrogen-bond acceptors (Lipinski definition) is 4. The fourth-order valence-electron chi connectivity index (χ4n) is 4.12. The molecule has 4 aromatic rings. The smallest absolute Gasteiger partial charge is 0.253 e. The Bertz CT molecular complexity index is 1390. The van der Waals surface area contributed by atoms with Crippen molar-refractivity contribution in [2.75, 3.05) is 0 Å². The summed E-state index contributed by atoms with van der Waals surface area (Å²) in [5.74, 6) is 0.270.